The van der Waals surface area contributed by atoms with Crippen LogP contribution in [0.4, 0.5) is 8.78 Å². The van der Waals surface area contributed by atoms with Crippen LogP contribution in [-0.4, -0.2) is 42.2 Å². The van der Waals surface area contributed by atoms with Crippen LogP contribution in [-0.2, 0) is 0 Å². The Morgan fingerprint density at radius 1 is 1.38 bits per heavy atom. The summed E-state index contributed by atoms with van der Waals surface area (Å²) in [7, 11) is 1.77. The third-order valence-electron chi connectivity index (χ3n) is 2.23. The van der Waals surface area contributed by atoms with E-state index in [0.29, 0.717) is 6.42 Å². The molecule has 1 unspecified atom stereocenters. The predicted octanol–water partition coefficient (Wildman–Crippen LogP) is 1.73. The molecule has 0 radical (unpaired) electrons. The smallest absolute Gasteiger partial charge is 0.265 e. The lowest BCUT2D eigenvalue weighted by atomic mass is 10.1. The van der Waals surface area contributed by atoms with Crippen molar-refractivity contribution in [1.29, 1.82) is 0 Å². The summed E-state index contributed by atoms with van der Waals surface area (Å²) in [6.07, 6.45) is -2.49. The third kappa shape index (κ3) is 3.56. The lowest BCUT2D eigenvalue weighted by molar-refractivity contribution is -0.0426. The molecule has 1 saturated heterocycles. The van der Waals surface area contributed by atoms with Crippen molar-refractivity contribution in [1.82, 2.24) is 4.90 Å². The van der Waals surface area contributed by atoms with Gasteiger partial charge in [-0.3, -0.25) is 0 Å². The van der Waals surface area contributed by atoms with Crippen LogP contribution in [0.1, 0.15) is 26.7 Å². The van der Waals surface area contributed by atoms with Crippen LogP contribution in [0.15, 0.2) is 0 Å². The second-order valence-electron chi connectivity index (χ2n) is 3.02. The first-order valence-electron chi connectivity index (χ1n) is 4.79. The second-order valence-corrected chi connectivity index (χ2v) is 3.02. The Balaban J connectivity index is 0.000000671. The van der Waals surface area contributed by atoms with Crippen molar-refractivity contribution in [3.63, 3.8) is 0 Å². The average Bonchev–Trinajstić information content (AvgIpc) is 2.53. The Bertz CT molecular complexity index is 133. The minimum Gasteiger partial charge on any atom is -0.386 e. The van der Waals surface area contributed by atoms with Gasteiger partial charge in [-0.05, 0) is 26.4 Å². The molecule has 1 fully saturated rings. The summed E-state index contributed by atoms with van der Waals surface area (Å²) in [5.74, 6) is 0. The first-order valence-corrected chi connectivity index (χ1v) is 4.79. The fraction of sp³-hybridized carbons (Fsp3) is 1.00. The van der Waals surface area contributed by atoms with Crippen LogP contribution in [0, 0.1) is 0 Å². The molecule has 2 nitrogen and oxygen atoms in total. The molecule has 0 amide bonds. The zero-order valence-electron chi connectivity index (χ0n) is 8.50. The van der Waals surface area contributed by atoms with Gasteiger partial charge in [-0.25, -0.2) is 8.78 Å². The molecule has 0 aromatic heterocycles. The van der Waals surface area contributed by atoms with Crippen molar-refractivity contribution in [2.75, 3.05) is 13.6 Å². The number of aliphatic hydroxyl groups excluding tert-OH is 1. The Morgan fingerprint density at radius 2 is 1.92 bits per heavy atom. The summed E-state index contributed by atoms with van der Waals surface area (Å²) in [5, 5.41) is 9.00. The fourth-order valence-corrected chi connectivity index (χ4v) is 1.54. The summed E-state index contributed by atoms with van der Waals surface area (Å²) in [5.41, 5.74) is 0. The highest BCUT2D eigenvalue weighted by Crippen LogP contribution is 2.21. The third-order valence-corrected chi connectivity index (χ3v) is 2.23. The number of likely N-dealkylation sites (tertiary alicyclic amines) is 1. The van der Waals surface area contributed by atoms with Crippen LogP contribution in [0.25, 0.3) is 0 Å². The average molecular weight is 195 g/mol. The molecule has 13 heavy (non-hydrogen) atoms. The summed E-state index contributed by atoms with van der Waals surface area (Å²) in [6, 6.07) is -0.338. The van der Waals surface area contributed by atoms with E-state index in [9.17, 15) is 8.78 Å². The van der Waals surface area contributed by atoms with E-state index in [0.717, 1.165) is 13.0 Å². The Labute approximate surface area is 78.5 Å². The SMILES string of the molecule is CC.CN1CCC[C@H]1C(O)C(F)F. The van der Waals surface area contributed by atoms with Gasteiger partial charge in [0.2, 0.25) is 0 Å². The largest absolute Gasteiger partial charge is 0.386 e. The van der Waals surface area contributed by atoms with Crippen LogP contribution >= 0.6 is 0 Å². The lowest BCUT2D eigenvalue weighted by Crippen LogP contribution is -2.40. The number of hydrogen-bond donors (Lipinski definition) is 1. The molecule has 1 aliphatic heterocycles. The molecule has 4 heteroatoms. The van der Waals surface area contributed by atoms with Gasteiger partial charge in [0.05, 0.1) is 0 Å². The molecule has 0 aromatic carbocycles. The number of nitrogens with zero attached hydrogens (tertiary/aromatic N) is 1. The molecule has 0 aliphatic carbocycles. The van der Waals surface area contributed by atoms with Gasteiger partial charge in [0.25, 0.3) is 6.43 Å². The lowest BCUT2D eigenvalue weighted by Gasteiger charge is -2.23. The molecule has 0 bridgehead atoms. The highest BCUT2D eigenvalue weighted by Gasteiger charge is 2.33. The normalized spacial score (nSPS) is 25.6. The first kappa shape index (κ1) is 12.8. The number of aliphatic hydroxyl groups is 1. The number of halogens is 2. The minimum absolute atomic E-state index is 0.338. The van der Waals surface area contributed by atoms with Crippen molar-refractivity contribution in [3.05, 3.63) is 0 Å². The Morgan fingerprint density at radius 3 is 2.23 bits per heavy atom. The zero-order valence-corrected chi connectivity index (χ0v) is 8.50. The maximum Gasteiger partial charge on any atom is 0.265 e. The maximum atomic E-state index is 12.0. The van der Waals surface area contributed by atoms with Gasteiger partial charge in [-0.2, -0.15) is 0 Å². The number of likely N-dealkylation sites (N-methyl/N-ethyl adjacent to an activating group) is 1. The fourth-order valence-electron chi connectivity index (χ4n) is 1.54. The molecule has 0 aromatic rings. The van der Waals surface area contributed by atoms with Crippen LogP contribution < -0.4 is 0 Å². The van der Waals surface area contributed by atoms with E-state index >= 15 is 0 Å². The summed E-state index contributed by atoms with van der Waals surface area (Å²) in [4.78, 5) is 1.79. The van der Waals surface area contributed by atoms with Crippen molar-refractivity contribution in [3.8, 4) is 0 Å². The van der Waals surface area contributed by atoms with E-state index < -0.39 is 12.5 Å². The van der Waals surface area contributed by atoms with E-state index in [2.05, 4.69) is 0 Å². The highest BCUT2D eigenvalue weighted by molar-refractivity contribution is 4.83. The van der Waals surface area contributed by atoms with Gasteiger partial charge in [0, 0.05) is 6.04 Å². The second kappa shape index (κ2) is 6.27. The molecule has 1 rings (SSSR count). The quantitative estimate of drug-likeness (QED) is 0.725. The van der Waals surface area contributed by atoms with Crippen molar-refractivity contribution >= 4 is 0 Å². The van der Waals surface area contributed by atoms with Crippen LogP contribution in [0.2, 0.25) is 0 Å². The van der Waals surface area contributed by atoms with Crippen molar-refractivity contribution in [2.24, 2.45) is 0 Å². The van der Waals surface area contributed by atoms with Gasteiger partial charge in [0.1, 0.15) is 6.10 Å². The van der Waals surface area contributed by atoms with Gasteiger partial charge >= 0.3 is 0 Å². The molecule has 2 atom stereocenters. The monoisotopic (exact) mass is 195 g/mol. The zero-order chi connectivity index (χ0) is 10.4. The molecule has 80 valence electrons. The van der Waals surface area contributed by atoms with E-state index in [1.54, 1.807) is 11.9 Å². The number of hydrogen-bond acceptors (Lipinski definition) is 2. The van der Waals surface area contributed by atoms with Crippen molar-refractivity contribution < 1.29 is 13.9 Å². The van der Waals surface area contributed by atoms with E-state index in [4.69, 9.17) is 5.11 Å². The number of alkyl halides is 2. The molecular formula is C9H19F2NO. The predicted molar refractivity (Wildman–Crippen MR) is 49.0 cm³/mol. The summed E-state index contributed by atoms with van der Waals surface area (Å²) in [6.45, 7) is 4.81. The van der Waals surface area contributed by atoms with Gasteiger partial charge in [0.15, 0.2) is 0 Å². The highest BCUT2D eigenvalue weighted by atomic mass is 19.3. The van der Waals surface area contributed by atoms with Gasteiger partial charge in [-0.15, -0.1) is 0 Å². The summed E-state index contributed by atoms with van der Waals surface area (Å²) < 4.78 is 24.0. The number of rotatable bonds is 2. The Kier molecular flexibility index (Phi) is 6.16. The maximum absolute atomic E-state index is 12.0. The first-order chi connectivity index (χ1) is 6.13. The minimum atomic E-state index is -2.61. The topological polar surface area (TPSA) is 23.5 Å². The van der Waals surface area contributed by atoms with Crippen LogP contribution in [0.3, 0.4) is 0 Å². The van der Waals surface area contributed by atoms with E-state index in [1.807, 2.05) is 13.8 Å². The molecular weight excluding hydrogens is 176 g/mol. The summed E-state index contributed by atoms with van der Waals surface area (Å²) >= 11 is 0. The molecule has 0 saturated carbocycles. The standard InChI is InChI=1S/C7H13F2NO.C2H6/c1-10-4-2-3-5(10)6(11)7(8)9;1-2/h5-7,11H,2-4H2,1H3;1-2H3/t5-,6?;/m0./s1. The molecule has 1 aliphatic rings. The molecule has 1 N–H and O–H groups in total. The van der Waals surface area contributed by atoms with E-state index in [1.165, 1.54) is 0 Å². The van der Waals surface area contributed by atoms with E-state index in [-0.39, 0.29) is 6.04 Å². The molecule has 1 heterocycles. The molecule has 0 spiro atoms. The van der Waals surface area contributed by atoms with Crippen LogP contribution in [0.5, 0.6) is 0 Å². The van der Waals surface area contributed by atoms with Gasteiger partial charge < -0.3 is 10.0 Å². The van der Waals surface area contributed by atoms with Gasteiger partial charge in [-0.1, -0.05) is 13.8 Å². The van der Waals surface area contributed by atoms with Crippen molar-refractivity contribution in [2.45, 2.75) is 45.3 Å². The Hall–Kier alpha value is -0.220.